The van der Waals surface area contributed by atoms with Gasteiger partial charge in [0, 0.05) is 39.3 Å². The maximum absolute atomic E-state index is 12.4. The highest BCUT2D eigenvalue weighted by atomic mass is 16.5. The normalized spacial score (nSPS) is 18.0. The molecule has 5 heteroatoms. The van der Waals surface area contributed by atoms with Crippen molar-refractivity contribution in [3.63, 3.8) is 0 Å². The number of hydrogen-bond donors (Lipinski definition) is 2. The first-order valence-corrected chi connectivity index (χ1v) is 8.86. The van der Waals surface area contributed by atoms with Gasteiger partial charge in [-0.1, -0.05) is 30.3 Å². The highest BCUT2D eigenvalue weighted by molar-refractivity contribution is 5.73. The lowest BCUT2D eigenvalue weighted by Crippen LogP contribution is -2.42. The van der Waals surface area contributed by atoms with Gasteiger partial charge in [-0.3, -0.25) is 0 Å². The van der Waals surface area contributed by atoms with E-state index in [0.717, 1.165) is 38.2 Å². The zero-order valence-corrected chi connectivity index (χ0v) is 14.8. The molecule has 1 saturated heterocycles. The quantitative estimate of drug-likeness (QED) is 0.806. The van der Waals surface area contributed by atoms with Crippen molar-refractivity contribution in [3.8, 4) is 0 Å². The molecule has 1 aliphatic rings. The Morgan fingerprint density at radius 2 is 2.00 bits per heavy atom. The SMILES string of the molecule is CC(O)CC(CNC(=O)N(C)CC1CCOCC1)c1ccccc1. The van der Waals surface area contributed by atoms with Crippen LogP contribution in [-0.2, 0) is 4.74 Å². The van der Waals surface area contributed by atoms with Gasteiger partial charge in [0.1, 0.15) is 0 Å². The number of nitrogens with zero attached hydrogens (tertiary/aromatic N) is 1. The van der Waals surface area contributed by atoms with Crippen LogP contribution in [0.25, 0.3) is 0 Å². The molecule has 1 fully saturated rings. The number of carbonyl (C=O) groups excluding carboxylic acids is 1. The fourth-order valence-electron chi connectivity index (χ4n) is 3.22. The number of carbonyl (C=O) groups is 1. The van der Waals surface area contributed by atoms with Gasteiger partial charge in [-0.05, 0) is 37.7 Å². The van der Waals surface area contributed by atoms with Crippen LogP contribution in [0, 0.1) is 5.92 Å². The zero-order chi connectivity index (χ0) is 17.4. The van der Waals surface area contributed by atoms with Crippen LogP contribution in [0.2, 0.25) is 0 Å². The maximum atomic E-state index is 12.4. The first-order valence-electron chi connectivity index (χ1n) is 8.86. The third-order valence-corrected chi connectivity index (χ3v) is 4.62. The third kappa shape index (κ3) is 6.13. The molecule has 0 aromatic heterocycles. The molecule has 1 heterocycles. The predicted molar refractivity (Wildman–Crippen MR) is 95.1 cm³/mol. The highest BCUT2D eigenvalue weighted by Gasteiger charge is 2.20. The molecule has 0 bridgehead atoms. The summed E-state index contributed by atoms with van der Waals surface area (Å²) in [6, 6.07) is 10.00. The minimum Gasteiger partial charge on any atom is -0.393 e. The van der Waals surface area contributed by atoms with Crippen LogP contribution in [0.4, 0.5) is 4.79 Å². The summed E-state index contributed by atoms with van der Waals surface area (Å²) in [7, 11) is 1.84. The highest BCUT2D eigenvalue weighted by Crippen LogP contribution is 2.21. The van der Waals surface area contributed by atoms with Gasteiger partial charge in [0.2, 0.25) is 0 Å². The summed E-state index contributed by atoms with van der Waals surface area (Å²) in [5.74, 6) is 0.642. The first-order chi connectivity index (χ1) is 11.6. The van der Waals surface area contributed by atoms with E-state index in [1.54, 1.807) is 11.8 Å². The molecule has 1 aromatic carbocycles. The average Bonchev–Trinajstić information content (AvgIpc) is 2.59. The second-order valence-corrected chi connectivity index (χ2v) is 6.81. The van der Waals surface area contributed by atoms with E-state index >= 15 is 0 Å². The fourth-order valence-corrected chi connectivity index (χ4v) is 3.22. The van der Waals surface area contributed by atoms with Gasteiger partial charge in [0.15, 0.2) is 0 Å². The largest absolute Gasteiger partial charge is 0.393 e. The summed E-state index contributed by atoms with van der Waals surface area (Å²) < 4.78 is 5.36. The van der Waals surface area contributed by atoms with E-state index in [0.29, 0.717) is 18.9 Å². The minimum absolute atomic E-state index is 0.0481. The summed E-state index contributed by atoms with van der Waals surface area (Å²) in [5.41, 5.74) is 1.14. The summed E-state index contributed by atoms with van der Waals surface area (Å²) in [6.45, 7) is 4.68. The van der Waals surface area contributed by atoms with Gasteiger partial charge in [0.05, 0.1) is 6.10 Å². The lowest BCUT2D eigenvalue weighted by molar-refractivity contribution is 0.0586. The number of hydrogen-bond acceptors (Lipinski definition) is 3. The molecular formula is C19H30N2O3. The van der Waals surface area contributed by atoms with Crippen LogP contribution < -0.4 is 5.32 Å². The number of amides is 2. The van der Waals surface area contributed by atoms with Crippen molar-refractivity contribution in [1.82, 2.24) is 10.2 Å². The second kappa shape index (κ2) is 9.64. The van der Waals surface area contributed by atoms with E-state index < -0.39 is 6.10 Å². The van der Waals surface area contributed by atoms with E-state index in [9.17, 15) is 9.90 Å². The van der Waals surface area contributed by atoms with E-state index in [2.05, 4.69) is 5.32 Å². The molecule has 2 amide bonds. The van der Waals surface area contributed by atoms with Gasteiger partial charge >= 0.3 is 6.03 Å². The van der Waals surface area contributed by atoms with Crippen molar-refractivity contribution >= 4 is 6.03 Å². The first kappa shape index (κ1) is 18.7. The Kier molecular flexibility index (Phi) is 7.53. The molecule has 24 heavy (non-hydrogen) atoms. The molecule has 2 atom stereocenters. The summed E-state index contributed by atoms with van der Waals surface area (Å²) in [5, 5.41) is 12.8. The molecule has 0 aliphatic carbocycles. The molecule has 2 unspecified atom stereocenters. The van der Waals surface area contributed by atoms with E-state index in [-0.39, 0.29) is 11.9 Å². The molecule has 2 rings (SSSR count). The molecule has 5 nitrogen and oxygen atoms in total. The molecule has 1 aliphatic heterocycles. The van der Waals surface area contributed by atoms with Gasteiger partial charge in [-0.2, -0.15) is 0 Å². The number of aliphatic hydroxyl groups excluding tert-OH is 1. The van der Waals surface area contributed by atoms with Crippen molar-refractivity contribution in [2.45, 2.75) is 38.2 Å². The molecule has 134 valence electrons. The van der Waals surface area contributed by atoms with Crippen molar-refractivity contribution in [3.05, 3.63) is 35.9 Å². The van der Waals surface area contributed by atoms with E-state index in [1.807, 2.05) is 37.4 Å². The van der Waals surface area contributed by atoms with Crippen LogP contribution >= 0.6 is 0 Å². The van der Waals surface area contributed by atoms with Crippen molar-refractivity contribution in [2.24, 2.45) is 5.92 Å². The summed E-state index contributed by atoms with van der Waals surface area (Å²) >= 11 is 0. The van der Waals surface area contributed by atoms with Crippen molar-refractivity contribution in [2.75, 3.05) is 33.4 Å². The van der Waals surface area contributed by atoms with Crippen molar-refractivity contribution in [1.29, 1.82) is 0 Å². The predicted octanol–water partition coefficient (Wildman–Crippen LogP) is 2.61. The van der Waals surface area contributed by atoms with Gasteiger partial charge in [0.25, 0.3) is 0 Å². The standard InChI is InChI=1S/C19H30N2O3/c1-15(22)12-18(17-6-4-3-5-7-17)13-20-19(23)21(2)14-16-8-10-24-11-9-16/h3-7,15-16,18,22H,8-14H2,1-2H3,(H,20,23). The number of aliphatic hydroxyl groups is 1. The Morgan fingerprint density at radius 3 is 2.62 bits per heavy atom. The van der Waals surface area contributed by atoms with Crippen LogP contribution in [0.5, 0.6) is 0 Å². The van der Waals surface area contributed by atoms with E-state index in [4.69, 9.17) is 4.74 Å². The van der Waals surface area contributed by atoms with Gasteiger partial charge in [-0.25, -0.2) is 4.79 Å². The fraction of sp³-hybridized carbons (Fsp3) is 0.632. The molecule has 0 spiro atoms. The van der Waals surface area contributed by atoms with E-state index in [1.165, 1.54) is 0 Å². The number of ether oxygens (including phenoxy) is 1. The number of nitrogens with one attached hydrogen (secondary N) is 1. The summed E-state index contributed by atoms with van der Waals surface area (Å²) in [6.07, 6.45) is 2.28. The third-order valence-electron chi connectivity index (χ3n) is 4.62. The number of rotatable bonds is 7. The topological polar surface area (TPSA) is 61.8 Å². The van der Waals surface area contributed by atoms with Crippen LogP contribution in [0.1, 0.15) is 37.7 Å². The zero-order valence-electron chi connectivity index (χ0n) is 14.8. The average molecular weight is 334 g/mol. The Morgan fingerprint density at radius 1 is 1.33 bits per heavy atom. The van der Waals surface area contributed by atoms with Crippen molar-refractivity contribution < 1.29 is 14.6 Å². The van der Waals surface area contributed by atoms with Gasteiger partial charge in [-0.15, -0.1) is 0 Å². The maximum Gasteiger partial charge on any atom is 0.317 e. The second-order valence-electron chi connectivity index (χ2n) is 6.81. The Labute approximate surface area is 145 Å². The Balaban J connectivity index is 1.84. The molecular weight excluding hydrogens is 304 g/mol. The molecule has 2 N–H and O–H groups in total. The number of urea groups is 1. The Hall–Kier alpha value is -1.59. The Bertz CT molecular complexity index is 487. The number of benzene rings is 1. The molecule has 0 radical (unpaired) electrons. The van der Waals surface area contributed by atoms with Crippen LogP contribution in [0.15, 0.2) is 30.3 Å². The lowest BCUT2D eigenvalue weighted by Gasteiger charge is -2.28. The smallest absolute Gasteiger partial charge is 0.317 e. The van der Waals surface area contributed by atoms with Crippen LogP contribution in [0.3, 0.4) is 0 Å². The minimum atomic E-state index is -0.396. The molecule has 1 aromatic rings. The summed E-state index contributed by atoms with van der Waals surface area (Å²) in [4.78, 5) is 14.1. The van der Waals surface area contributed by atoms with Gasteiger partial charge < -0.3 is 20.1 Å². The molecule has 0 saturated carbocycles. The van der Waals surface area contributed by atoms with Crippen LogP contribution in [-0.4, -0.2) is 55.5 Å². The monoisotopic (exact) mass is 334 g/mol. The lowest BCUT2D eigenvalue weighted by atomic mass is 9.93.